The largest absolute Gasteiger partial charge is 0.303 e. The molecule has 1 amide bonds. The van der Waals surface area contributed by atoms with Gasteiger partial charge >= 0.3 is 0 Å². The number of halogens is 1. The van der Waals surface area contributed by atoms with E-state index in [-0.39, 0.29) is 30.0 Å². The van der Waals surface area contributed by atoms with Crippen LogP contribution in [0.2, 0.25) is 0 Å². The Balaban J connectivity index is 2.48. The van der Waals surface area contributed by atoms with Crippen LogP contribution in [-0.2, 0) is 9.59 Å². The van der Waals surface area contributed by atoms with Crippen LogP contribution in [0.1, 0.15) is 12.0 Å². The number of benzene rings is 1. The third kappa shape index (κ3) is 1.65. The van der Waals surface area contributed by atoms with Crippen LogP contribution in [0.3, 0.4) is 0 Å². The SMILES string of the molecule is N#Cc1ccc(F)cc1N1CC(=O)CC1=O. The van der Waals surface area contributed by atoms with Crippen LogP contribution in [0.15, 0.2) is 18.2 Å². The number of hydrogen-bond acceptors (Lipinski definition) is 3. The first kappa shape index (κ1) is 10.3. The number of nitrogens with zero attached hydrogens (tertiary/aromatic N) is 2. The van der Waals surface area contributed by atoms with Crippen LogP contribution in [0, 0.1) is 17.1 Å². The molecule has 16 heavy (non-hydrogen) atoms. The number of carbonyl (C=O) groups excluding carboxylic acids is 2. The number of hydrogen-bond donors (Lipinski definition) is 0. The van der Waals surface area contributed by atoms with E-state index in [2.05, 4.69) is 0 Å². The number of carbonyl (C=O) groups is 2. The molecule has 4 nitrogen and oxygen atoms in total. The zero-order valence-corrected chi connectivity index (χ0v) is 8.24. The van der Waals surface area contributed by atoms with Gasteiger partial charge in [-0.1, -0.05) is 0 Å². The molecule has 0 spiro atoms. The molecule has 1 aliphatic rings. The third-order valence-corrected chi connectivity index (χ3v) is 2.35. The second-order valence-electron chi connectivity index (χ2n) is 3.47. The van der Waals surface area contributed by atoms with Crippen LogP contribution >= 0.6 is 0 Å². The van der Waals surface area contributed by atoms with Crippen LogP contribution in [0.25, 0.3) is 0 Å². The fourth-order valence-corrected chi connectivity index (χ4v) is 1.63. The molecule has 0 radical (unpaired) electrons. The Morgan fingerprint density at radius 3 is 2.69 bits per heavy atom. The summed E-state index contributed by atoms with van der Waals surface area (Å²) in [6, 6.07) is 5.39. The fraction of sp³-hybridized carbons (Fsp3) is 0.182. The van der Waals surface area contributed by atoms with Crippen molar-refractivity contribution in [3.05, 3.63) is 29.6 Å². The Bertz CT molecular complexity index is 519. The lowest BCUT2D eigenvalue weighted by atomic mass is 10.1. The van der Waals surface area contributed by atoms with Gasteiger partial charge in [0.2, 0.25) is 5.91 Å². The van der Waals surface area contributed by atoms with Gasteiger partial charge in [0.1, 0.15) is 11.9 Å². The predicted molar refractivity (Wildman–Crippen MR) is 53.1 cm³/mol. The van der Waals surface area contributed by atoms with Gasteiger partial charge in [0.25, 0.3) is 0 Å². The van der Waals surface area contributed by atoms with Crippen LogP contribution in [0.4, 0.5) is 10.1 Å². The molecule has 1 fully saturated rings. The van der Waals surface area contributed by atoms with E-state index in [1.54, 1.807) is 0 Å². The molecule has 1 aromatic carbocycles. The smallest absolute Gasteiger partial charge is 0.234 e. The summed E-state index contributed by atoms with van der Waals surface area (Å²) in [7, 11) is 0. The number of rotatable bonds is 1. The van der Waals surface area contributed by atoms with Crippen molar-refractivity contribution in [1.29, 1.82) is 5.26 Å². The third-order valence-electron chi connectivity index (χ3n) is 2.35. The zero-order chi connectivity index (χ0) is 11.7. The first-order valence-electron chi connectivity index (χ1n) is 4.63. The number of ketones is 1. The van der Waals surface area contributed by atoms with E-state index >= 15 is 0 Å². The molecule has 1 saturated heterocycles. The molecule has 5 heteroatoms. The molecule has 1 heterocycles. The van der Waals surface area contributed by atoms with E-state index in [0.717, 1.165) is 17.0 Å². The van der Waals surface area contributed by atoms with Crippen molar-refractivity contribution in [2.45, 2.75) is 6.42 Å². The van der Waals surface area contributed by atoms with Gasteiger partial charge in [-0.2, -0.15) is 5.26 Å². The number of amides is 1. The van der Waals surface area contributed by atoms with E-state index < -0.39 is 11.7 Å². The second kappa shape index (κ2) is 3.74. The molecule has 0 atom stereocenters. The zero-order valence-electron chi connectivity index (χ0n) is 8.24. The van der Waals surface area contributed by atoms with Gasteiger partial charge in [0.05, 0.1) is 24.2 Å². The second-order valence-corrected chi connectivity index (χ2v) is 3.47. The Morgan fingerprint density at radius 1 is 1.38 bits per heavy atom. The molecule has 0 bridgehead atoms. The highest BCUT2D eigenvalue weighted by molar-refractivity contribution is 6.15. The average Bonchev–Trinajstić information content (AvgIpc) is 2.57. The van der Waals surface area contributed by atoms with Crippen LogP contribution in [0.5, 0.6) is 0 Å². The first-order chi connectivity index (χ1) is 7.61. The summed E-state index contributed by atoms with van der Waals surface area (Å²) in [4.78, 5) is 23.7. The van der Waals surface area contributed by atoms with E-state index in [4.69, 9.17) is 5.26 Å². The van der Waals surface area contributed by atoms with Crippen molar-refractivity contribution in [2.75, 3.05) is 11.4 Å². The van der Waals surface area contributed by atoms with Gasteiger partial charge in [-0.05, 0) is 18.2 Å². The summed E-state index contributed by atoms with van der Waals surface area (Å²) in [6.45, 7) is -0.0863. The van der Waals surface area contributed by atoms with E-state index in [0.29, 0.717) is 0 Å². The minimum absolute atomic E-state index is 0.0863. The maximum Gasteiger partial charge on any atom is 0.234 e. The summed E-state index contributed by atoms with van der Waals surface area (Å²) in [5, 5.41) is 8.83. The van der Waals surface area contributed by atoms with Crippen molar-refractivity contribution in [3.63, 3.8) is 0 Å². The lowest BCUT2D eigenvalue weighted by Crippen LogP contribution is -2.25. The fourth-order valence-electron chi connectivity index (χ4n) is 1.63. The van der Waals surface area contributed by atoms with Gasteiger partial charge in [-0.15, -0.1) is 0 Å². The highest BCUT2D eigenvalue weighted by atomic mass is 19.1. The predicted octanol–water partition coefficient (Wildman–Crippen LogP) is 1.00. The maximum absolute atomic E-state index is 13.0. The quantitative estimate of drug-likeness (QED) is 0.661. The van der Waals surface area contributed by atoms with Gasteiger partial charge in [0, 0.05) is 0 Å². The van der Waals surface area contributed by atoms with E-state index in [9.17, 15) is 14.0 Å². The average molecular weight is 218 g/mol. The minimum atomic E-state index is -0.541. The van der Waals surface area contributed by atoms with Crippen molar-refractivity contribution < 1.29 is 14.0 Å². The highest BCUT2D eigenvalue weighted by Gasteiger charge is 2.30. The van der Waals surface area contributed by atoms with Crippen LogP contribution < -0.4 is 4.90 Å². The van der Waals surface area contributed by atoms with E-state index in [1.165, 1.54) is 6.07 Å². The maximum atomic E-state index is 13.0. The normalized spacial score (nSPS) is 15.4. The highest BCUT2D eigenvalue weighted by Crippen LogP contribution is 2.24. The first-order valence-corrected chi connectivity index (χ1v) is 4.63. The monoisotopic (exact) mass is 218 g/mol. The van der Waals surface area contributed by atoms with Gasteiger partial charge in [-0.25, -0.2) is 4.39 Å². The van der Waals surface area contributed by atoms with Crippen molar-refractivity contribution in [1.82, 2.24) is 0 Å². The molecule has 0 aliphatic carbocycles. The number of nitriles is 1. The molecule has 2 rings (SSSR count). The molecule has 80 valence electrons. The summed E-state index contributed by atoms with van der Waals surface area (Å²) >= 11 is 0. The standard InChI is InChI=1S/C11H7FN2O2/c12-8-2-1-7(5-13)10(3-8)14-6-9(15)4-11(14)16/h1-3H,4,6H2. The van der Waals surface area contributed by atoms with Gasteiger partial charge < -0.3 is 4.90 Å². The van der Waals surface area contributed by atoms with Crippen LogP contribution in [-0.4, -0.2) is 18.2 Å². The summed E-state index contributed by atoms with van der Waals surface area (Å²) in [5.74, 6) is -1.16. The topological polar surface area (TPSA) is 61.2 Å². The van der Waals surface area contributed by atoms with Crippen molar-refractivity contribution >= 4 is 17.4 Å². The molecule has 0 unspecified atom stereocenters. The molecule has 0 aromatic heterocycles. The molecule has 0 saturated carbocycles. The molecule has 0 N–H and O–H groups in total. The number of anilines is 1. The summed E-state index contributed by atoms with van der Waals surface area (Å²) in [5.41, 5.74) is 0.350. The van der Waals surface area contributed by atoms with E-state index in [1.807, 2.05) is 6.07 Å². The Kier molecular flexibility index (Phi) is 2.41. The lowest BCUT2D eigenvalue weighted by Gasteiger charge is -2.15. The van der Waals surface area contributed by atoms with Gasteiger partial charge in [0.15, 0.2) is 5.78 Å². The minimum Gasteiger partial charge on any atom is -0.303 e. The Labute approximate surface area is 90.9 Å². The van der Waals surface area contributed by atoms with Gasteiger partial charge in [-0.3, -0.25) is 9.59 Å². The molecule has 1 aliphatic heterocycles. The lowest BCUT2D eigenvalue weighted by molar-refractivity contribution is -0.121. The Morgan fingerprint density at radius 2 is 2.12 bits per heavy atom. The molecule has 1 aromatic rings. The summed E-state index contributed by atoms with van der Waals surface area (Å²) in [6.07, 6.45) is -0.179. The Hall–Kier alpha value is -2.22. The van der Waals surface area contributed by atoms with Crippen molar-refractivity contribution in [3.8, 4) is 6.07 Å². The van der Waals surface area contributed by atoms with Crippen molar-refractivity contribution in [2.24, 2.45) is 0 Å². The summed E-state index contributed by atoms with van der Waals surface area (Å²) < 4.78 is 13.0. The molecular formula is C11H7FN2O2. The molecular weight excluding hydrogens is 211 g/mol. The number of Topliss-reactive ketones (excluding diaryl/α,β-unsaturated/α-hetero) is 1.